The molecular formula is C16H9Br2NO4. The number of nitrogens with one attached hydrogen (secondary N) is 1. The lowest BCUT2D eigenvalue weighted by molar-refractivity contribution is -0.110. The van der Waals surface area contributed by atoms with E-state index in [2.05, 4.69) is 37.2 Å². The van der Waals surface area contributed by atoms with Crippen molar-refractivity contribution in [2.24, 2.45) is 0 Å². The summed E-state index contributed by atoms with van der Waals surface area (Å²) in [4.78, 5) is 23.3. The Bertz CT molecular complexity index is 867. The van der Waals surface area contributed by atoms with Gasteiger partial charge in [0, 0.05) is 16.8 Å². The maximum atomic E-state index is 12.2. The van der Waals surface area contributed by atoms with Crippen LogP contribution in [0.15, 0.2) is 39.3 Å². The van der Waals surface area contributed by atoms with E-state index < -0.39 is 5.97 Å². The van der Waals surface area contributed by atoms with Gasteiger partial charge in [0.15, 0.2) is 0 Å². The van der Waals surface area contributed by atoms with E-state index in [9.17, 15) is 14.7 Å². The van der Waals surface area contributed by atoms with Crippen molar-refractivity contribution in [1.29, 1.82) is 0 Å². The Morgan fingerprint density at radius 3 is 2.39 bits per heavy atom. The Kier molecular flexibility index (Phi) is 3.99. The first-order valence-corrected chi connectivity index (χ1v) is 8.04. The van der Waals surface area contributed by atoms with E-state index in [1.807, 2.05) is 0 Å². The highest BCUT2D eigenvalue weighted by molar-refractivity contribution is 9.11. The van der Waals surface area contributed by atoms with Gasteiger partial charge >= 0.3 is 5.97 Å². The minimum atomic E-state index is -1.05. The first kappa shape index (κ1) is 15.8. The van der Waals surface area contributed by atoms with Crippen LogP contribution in [-0.2, 0) is 4.79 Å². The molecule has 0 saturated heterocycles. The van der Waals surface area contributed by atoms with Crippen molar-refractivity contribution in [3.8, 4) is 5.75 Å². The molecule has 5 nitrogen and oxygen atoms in total. The number of phenols is 1. The number of aromatic hydroxyl groups is 1. The summed E-state index contributed by atoms with van der Waals surface area (Å²) in [6, 6.07) is 7.81. The predicted molar refractivity (Wildman–Crippen MR) is 93.4 cm³/mol. The van der Waals surface area contributed by atoms with Crippen LogP contribution in [0.2, 0.25) is 0 Å². The lowest BCUT2D eigenvalue weighted by Gasteiger charge is -2.04. The molecule has 0 spiro atoms. The maximum Gasteiger partial charge on any atom is 0.335 e. The number of hydrogen-bond acceptors (Lipinski definition) is 3. The second kappa shape index (κ2) is 5.82. The minimum Gasteiger partial charge on any atom is -0.506 e. The molecule has 116 valence electrons. The number of carbonyl (C=O) groups excluding carboxylic acids is 1. The Labute approximate surface area is 147 Å². The van der Waals surface area contributed by atoms with Crippen LogP contribution < -0.4 is 5.32 Å². The Balaban J connectivity index is 2.13. The van der Waals surface area contributed by atoms with Crippen LogP contribution in [0.5, 0.6) is 5.75 Å². The van der Waals surface area contributed by atoms with Crippen LogP contribution in [0.25, 0.3) is 11.6 Å². The van der Waals surface area contributed by atoms with Crippen molar-refractivity contribution in [3.63, 3.8) is 0 Å². The molecule has 0 unspecified atom stereocenters. The number of carbonyl (C=O) groups is 2. The number of amides is 1. The van der Waals surface area contributed by atoms with Crippen LogP contribution in [-0.4, -0.2) is 22.1 Å². The standard InChI is InChI=1S/C16H9Br2NO4/c17-11-4-7(5-12(18)14(11)20)3-10-9-6-8(16(22)23)1-2-13(9)19-15(10)21/h1-6,20H,(H,19,21)(H,22,23). The highest BCUT2D eigenvalue weighted by Crippen LogP contribution is 2.37. The van der Waals surface area contributed by atoms with E-state index in [-0.39, 0.29) is 17.2 Å². The number of carboxylic acids is 1. The summed E-state index contributed by atoms with van der Waals surface area (Å²) in [7, 11) is 0. The molecule has 7 heteroatoms. The van der Waals surface area contributed by atoms with Gasteiger partial charge in [-0.25, -0.2) is 4.79 Å². The molecule has 0 radical (unpaired) electrons. The van der Waals surface area contributed by atoms with Crippen molar-refractivity contribution in [3.05, 3.63) is 56.0 Å². The number of fused-ring (bicyclic) bond motifs is 1. The smallest absolute Gasteiger partial charge is 0.335 e. The molecular weight excluding hydrogens is 430 g/mol. The molecule has 2 aromatic rings. The zero-order valence-corrected chi connectivity index (χ0v) is 14.6. The van der Waals surface area contributed by atoms with Gasteiger partial charge in [0.2, 0.25) is 0 Å². The van der Waals surface area contributed by atoms with E-state index in [1.165, 1.54) is 12.1 Å². The van der Waals surface area contributed by atoms with Gasteiger partial charge in [-0.05, 0) is 73.8 Å². The Morgan fingerprint density at radius 1 is 1.13 bits per heavy atom. The van der Waals surface area contributed by atoms with Crippen molar-refractivity contribution in [1.82, 2.24) is 0 Å². The van der Waals surface area contributed by atoms with Crippen molar-refractivity contribution < 1.29 is 19.8 Å². The molecule has 23 heavy (non-hydrogen) atoms. The van der Waals surface area contributed by atoms with Gasteiger partial charge in [-0.2, -0.15) is 0 Å². The molecule has 2 aromatic carbocycles. The predicted octanol–water partition coefficient (Wildman–Crippen LogP) is 4.11. The molecule has 0 saturated carbocycles. The average molecular weight is 439 g/mol. The summed E-state index contributed by atoms with van der Waals surface area (Å²) >= 11 is 6.47. The van der Waals surface area contributed by atoms with Crippen LogP contribution in [0.4, 0.5) is 5.69 Å². The molecule has 3 rings (SSSR count). The summed E-state index contributed by atoms with van der Waals surface area (Å²) < 4.78 is 0.966. The second-order valence-corrected chi connectivity index (χ2v) is 6.62. The van der Waals surface area contributed by atoms with E-state index >= 15 is 0 Å². The van der Waals surface area contributed by atoms with E-state index in [4.69, 9.17) is 5.11 Å². The fourth-order valence-electron chi connectivity index (χ4n) is 2.30. The minimum absolute atomic E-state index is 0.0663. The Morgan fingerprint density at radius 2 is 1.78 bits per heavy atom. The summed E-state index contributed by atoms with van der Waals surface area (Å²) in [5.41, 5.74) is 2.27. The van der Waals surface area contributed by atoms with Crippen LogP contribution in [0, 0.1) is 0 Å². The van der Waals surface area contributed by atoms with Gasteiger partial charge in [-0.3, -0.25) is 4.79 Å². The maximum absolute atomic E-state index is 12.2. The summed E-state index contributed by atoms with van der Waals surface area (Å²) in [6.45, 7) is 0. The van der Waals surface area contributed by atoms with E-state index in [0.717, 1.165) is 0 Å². The number of anilines is 1. The highest BCUT2D eigenvalue weighted by Gasteiger charge is 2.25. The summed E-state index contributed by atoms with van der Waals surface area (Å²) in [5, 5.41) is 21.5. The second-order valence-electron chi connectivity index (χ2n) is 4.91. The van der Waals surface area contributed by atoms with E-state index in [0.29, 0.717) is 31.3 Å². The number of hydrogen-bond donors (Lipinski definition) is 3. The third kappa shape index (κ3) is 2.89. The molecule has 3 N–H and O–H groups in total. The van der Waals surface area contributed by atoms with Crippen LogP contribution in [0.3, 0.4) is 0 Å². The van der Waals surface area contributed by atoms with Crippen LogP contribution >= 0.6 is 31.9 Å². The molecule has 0 aromatic heterocycles. The molecule has 0 aliphatic carbocycles. The SMILES string of the molecule is O=C1Nc2ccc(C(=O)O)cc2C1=Cc1cc(Br)c(O)c(Br)c1. The number of benzene rings is 2. The first-order valence-electron chi connectivity index (χ1n) is 6.45. The summed E-state index contributed by atoms with van der Waals surface area (Å²) in [6.07, 6.45) is 1.64. The number of carboxylic acid groups (broad SMARTS) is 1. The van der Waals surface area contributed by atoms with Crippen molar-refractivity contribution >= 4 is 61.1 Å². The van der Waals surface area contributed by atoms with Gasteiger partial charge in [0.05, 0.1) is 14.5 Å². The lowest BCUT2D eigenvalue weighted by Crippen LogP contribution is -2.03. The molecule has 1 heterocycles. The average Bonchev–Trinajstić information content (AvgIpc) is 2.80. The number of phenolic OH excluding ortho intramolecular Hbond substituents is 1. The molecule has 1 aliphatic rings. The fourth-order valence-corrected chi connectivity index (χ4v) is 3.52. The summed E-state index contributed by atoms with van der Waals surface area (Å²) in [5.74, 6) is -1.29. The fraction of sp³-hybridized carbons (Fsp3) is 0. The lowest BCUT2D eigenvalue weighted by atomic mass is 10.0. The normalized spacial score (nSPS) is 14.7. The first-order chi connectivity index (χ1) is 10.9. The zero-order valence-electron chi connectivity index (χ0n) is 11.4. The van der Waals surface area contributed by atoms with E-state index in [1.54, 1.807) is 24.3 Å². The number of aromatic carboxylic acids is 1. The van der Waals surface area contributed by atoms with Gasteiger partial charge < -0.3 is 15.5 Å². The molecule has 0 fully saturated rings. The molecule has 0 bridgehead atoms. The molecule has 1 amide bonds. The Hall–Kier alpha value is -2.12. The number of halogens is 2. The largest absolute Gasteiger partial charge is 0.506 e. The monoisotopic (exact) mass is 437 g/mol. The van der Waals surface area contributed by atoms with Crippen molar-refractivity contribution in [2.45, 2.75) is 0 Å². The molecule has 0 atom stereocenters. The van der Waals surface area contributed by atoms with Gasteiger partial charge in [0.25, 0.3) is 5.91 Å². The van der Waals surface area contributed by atoms with Crippen LogP contribution in [0.1, 0.15) is 21.5 Å². The highest BCUT2D eigenvalue weighted by atomic mass is 79.9. The van der Waals surface area contributed by atoms with Gasteiger partial charge in [-0.15, -0.1) is 0 Å². The van der Waals surface area contributed by atoms with Gasteiger partial charge in [-0.1, -0.05) is 0 Å². The molecule has 1 aliphatic heterocycles. The number of rotatable bonds is 2. The third-order valence-corrected chi connectivity index (χ3v) is 4.61. The van der Waals surface area contributed by atoms with Gasteiger partial charge in [0.1, 0.15) is 5.75 Å². The van der Waals surface area contributed by atoms with Crippen molar-refractivity contribution in [2.75, 3.05) is 5.32 Å². The third-order valence-electron chi connectivity index (χ3n) is 3.40. The topological polar surface area (TPSA) is 86.6 Å². The zero-order chi connectivity index (χ0) is 16.7. The quantitative estimate of drug-likeness (QED) is 0.616.